The van der Waals surface area contributed by atoms with Crippen molar-refractivity contribution in [1.29, 1.82) is 0 Å². The van der Waals surface area contributed by atoms with E-state index < -0.39 is 17.3 Å². The maximum Gasteiger partial charge on any atom is 0.343 e. The Kier molecular flexibility index (Phi) is 3.26. The minimum Gasteiger partial charge on any atom is -0.632 e. The van der Waals surface area contributed by atoms with Crippen LogP contribution in [0.15, 0.2) is 35.0 Å². The zero-order valence-corrected chi connectivity index (χ0v) is 17.3. The Labute approximate surface area is 170 Å². The molecule has 0 aromatic rings. The van der Waals surface area contributed by atoms with Crippen molar-refractivity contribution < 1.29 is 28.4 Å². The fourth-order valence-corrected chi connectivity index (χ4v) is 7.53. The highest BCUT2D eigenvalue weighted by molar-refractivity contribution is 5.93. The number of fused-ring (bicyclic) bond motifs is 1. The molecule has 0 N–H and O–H groups in total. The van der Waals surface area contributed by atoms with Gasteiger partial charge in [0, 0.05) is 18.8 Å². The molecule has 0 radical (unpaired) electrons. The van der Waals surface area contributed by atoms with E-state index in [4.69, 9.17) is 18.9 Å². The third kappa shape index (κ3) is 1.65. The number of quaternary nitrogens is 1. The van der Waals surface area contributed by atoms with Gasteiger partial charge in [0.15, 0.2) is 11.3 Å². The summed E-state index contributed by atoms with van der Waals surface area (Å²) in [5.41, 5.74) is -0.105. The number of hydroxylamine groups is 3. The van der Waals surface area contributed by atoms with Crippen LogP contribution < -0.4 is 0 Å². The van der Waals surface area contributed by atoms with E-state index in [1.165, 1.54) is 7.11 Å². The molecular weight excluding hydrogens is 374 g/mol. The Morgan fingerprint density at radius 1 is 1.41 bits per heavy atom. The molecule has 0 saturated carbocycles. The van der Waals surface area contributed by atoms with E-state index in [9.17, 15) is 10.0 Å². The molecule has 5 saturated heterocycles. The first-order valence-electron chi connectivity index (χ1n) is 10.7. The van der Waals surface area contributed by atoms with E-state index in [0.29, 0.717) is 29.4 Å². The molecule has 7 nitrogen and oxygen atoms in total. The summed E-state index contributed by atoms with van der Waals surface area (Å²) in [6.45, 7) is 6.47. The Balaban J connectivity index is 1.52. The number of esters is 1. The van der Waals surface area contributed by atoms with Gasteiger partial charge < -0.3 is 28.8 Å². The number of allylic oxidation sites excluding steroid dienone is 2. The van der Waals surface area contributed by atoms with Gasteiger partial charge in [-0.2, -0.15) is 0 Å². The van der Waals surface area contributed by atoms with Crippen LogP contribution in [0.1, 0.15) is 40.0 Å². The first kappa shape index (κ1) is 18.0. The lowest BCUT2D eigenvalue weighted by Gasteiger charge is -2.56. The van der Waals surface area contributed by atoms with Crippen LogP contribution >= 0.6 is 0 Å². The molecule has 156 valence electrons. The summed E-state index contributed by atoms with van der Waals surface area (Å²) in [5, 5.41) is 14.3. The van der Waals surface area contributed by atoms with E-state index in [-0.39, 0.29) is 34.5 Å². The highest BCUT2D eigenvalue weighted by Gasteiger charge is 2.89. The minimum atomic E-state index is -0.808. The van der Waals surface area contributed by atoms with E-state index in [0.717, 1.165) is 19.3 Å². The van der Waals surface area contributed by atoms with Crippen molar-refractivity contribution in [3.8, 4) is 0 Å². The molecule has 0 amide bonds. The number of piperidine rings is 1. The second-order valence-corrected chi connectivity index (χ2v) is 9.35. The summed E-state index contributed by atoms with van der Waals surface area (Å²) >= 11 is 0. The van der Waals surface area contributed by atoms with Gasteiger partial charge in [-0.3, -0.25) is 0 Å². The minimum absolute atomic E-state index is 0.0118. The maximum atomic E-state index is 14.3. The van der Waals surface area contributed by atoms with Crippen molar-refractivity contribution in [3.05, 3.63) is 40.2 Å². The topological polar surface area (TPSA) is 77.0 Å². The summed E-state index contributed by atoms with van der Waals surface area (Å²) < 4.78 is 24.1. The first-order valence-corrected chi connectivity index (χ1v) is 10.7. The Bertz CT molecular complexity index is 922. The highest BCUT2D eigenvalue weighted by Crippen LogP contribution is 2.75. The summed E-state index contributed by atoms with van der Waals surface area (Å²) in [5.74, 6) is 0.0336. The molecule has 1 unspecified atom stereocenters. The van der Waals surface area contributed by atoms with Gasteiger partial charge in [-0.15, -0.1) is 0 Å². The SMILES string of the molecule is CC/C=C/[C@]12[C@@H]3CC[N+]1([O-])[C@H]1C[C@H]2O[C@]32O/C(=C3\OC(=O)C(C)=C3OC)[C@H](C)[C@@H]12. The fraction of sp³-hybridized carbons (Fsp3) is 0.682. The quantitative estimate of drug-likeness (QED) is 0.313. The second-order valence-electron chi connectivity index (χ2n) is 9.35. The lowest BCUT2D eigenvalue weighted by Crippen LogP contribution is -2.68. The summed E-state index contributed by atoms with van der Waals surface area (Å²) in [4.78, 5) is 12.2. The van der Waals surface area contributed by atoms with E-state index in [2.05, 4.69) is 26.0 Å². The molecule has 5 fully saturated rings. The molecule has 8 atom stereocenters. The lowest BCUT2D eigenvalue weighted by atomic mass is 9.70. The molecule has 1 spiro atoms. The molecule has 6 aliphatic rings. The van der Waals surface area contributed by atoms with E-state index in [1.54, 1.807) is 6.92 Å². The van der Waals surface area contributed by atoms with Gasteiger partial charge in [0.25, 0.3) is 0 Å². The van der Waals surface area contributed by atoms with Crippen LogP contribution in [0.25, 0.3) is 0 Å². The largest absolute Gasteiger partial charge is 0.632 e. The molecular formula is C22H27NO6. The number of carbonyl (C=O) groups excluding carboxylic acids is 1. The van der Waals surface area contributed by atoms with Gasteiger partial charge in [0.1, 0.15) is 17.9 Å². The standard InChI is InChI=1S/C22H27NO6/c1-5-6-8-21-14-7-9-23(21,25)13-10-15(21)28-22(14)16(13)11(2)18(29-22)19-17(26-4)12(3)20(24)27-19/h6,8,11,13-16H,5,7,9-10H2,1-4H3/b8-6+,19-18-/t11-,13+,14+,15-,16+,21-,22+,23?/m1/s1. The monoisotopic (exact) mass is 401 g/mol. The summed E-state index contributed by atoms with van der Waals surface area (Å²) in [7, 11) is 1.53. The van der Waals surface area contributed by atoms with Gasteiger partial charge in [0.05, 0.1) is 31.1 Å². The predicted octanol–water partition coefficient (Wildman–Crippen LogP) is 2.88. The zero-order chi connectivity index (χ0) is 20.3. The number of rotatable bonds is 3. The van der Waals surface area contributed by atoms with Crippen molar-refractivity contribution in [2.24, 2.45) is 17.8 Å². The van der Waals surface area contributed by atoms with Crippen LogP contribution in [0.4, 0.5) is 0 Å². The Morgan fingerprint density at radius 2 is 2.21 bits per heavy atom. The molecule has 5 bridgehead atoms. The van der Waals surface area contributed by atoms with E-state index >= 15 is 0 Å². The number of carbonyl (C=O) groups is 1. The van der Waals surface area contributed by atoms with Crippen molar-refractivity contribution in [1.82, 2.24) is 0 Å². The Hall–Kier alpha value is -1.83. The van der Waals surface area contributed by atoms with Crippen molar-refractivity contribution in [2.75, 3.05) is 13.7 Å². The van der Waals surface area contributed by atoms with Crippen LogP contribution in [0.5, 0.6) is 0 Å². The van der Waals surface area contributed by atoms with Crippen LogP contribution in [0.3, 0.4) is 0 Å². The van der Waals surface area contributed by atoms with Crippen LogP contribution in [0.2, 0.25) is 0 Å². The third-order valence-corrected chi connectivity index (χ3v) is 8.48. The smallest absolute Gasteiger partial charge is 0.343 e. The number of methoxy groups -OCH3 is 1. The van der Waals surface area contributed by atoms with Gasteiger partial charge in [-0.25, -0.2) is 4.79 Å². The molecule has 0 aromatic heterocycles. The fourth-order valence-electron chi connectivity index (χ4n) is 7.53. The number of nitrogens with zero attached hydrogens (tertiary/aromatic N) is 1. The zero-order valence-electron chi connectivity index (χ0n) is 17.3. The average Bonchev–Trinajstić information content (AvgIpc) is 3.37. The van der Waals surface area contributed by atoms with Crippen molar-refractivity contribution >= 4 is 5.97 Å². The van der Waals surface area contributed by atoms with Gasteiger partial charge in [-0.05, 0) is 19.4 Å². The van der Waals surface area contributed by atoms with Crippen molar-refractivity contribution in [3.63, 3.8) is 0 Å². The molecule has 29 heavy (non-hydrogen) atoms. The van der Waals surface area contributed by atoms with Gasteiger partial charge in [-0.1, -0.05) is 19.9 Å². The molecule has 6 heterocycles. The maximum absolute atomic E-state index is 14.3. The molecule has 0 aromatic carbocycles. The highest BCUT2D eigenvalue weighted by atomic mass is 16.7. The third-order valence-electron chi connectivity index (χ3n) is 8.48. The van der Waals surface area contributed by atoms with E-state index in [1.807, 2.05) is 0 Å². The van der Waals surface area contributed by atoms with Crippen LogP contribution in [-0.2, 0) is 23.7 Å². The van der Waals surface area contributed by atoms with Crippen LogP contribution in [-0.4, -0.2) is 47.7 Å². The lowest BCUT2D eigenvalue weighted by molar-refractivity contribution is -0.931. The predicted molar refractivity (Wildman–Crippen MR) is 101 cm³/mol. The molecule has 7 heteroatoms. The normalized spacial score (nSPS) is 54.0. The molecule has 6 aliphatic heterocycles. The summed E-state index contributed by atoms with van der Waals surface area (Å²) in [6.07, 6.45) is 6.61. The Morgan fingerprint density at radius 3 is 2.93 bits per heavy atom. The number of cyclic esters (lactones) is 1. The second kappa shape index (κ2) is 5.25. The van der Waals surface area contributed by atoms with Gasteiger partial charge >= 0.3 is 5.97 Å². The molecule has 6 rings (SSSR count). The summed E-state index contributed by atoms with van der Waals surface area (Å²) in [6, 6.07) is -0.0599. The number of hydrogen-bond acceptors (Lipinski definition) is 6. The average molecular weight is 401 g/mol. The molecule has 0 aliphatic carbocycles. The first-order chi connectivity index (χ1) is 13.9. The van der Waals surface area contributed by atoms with Gasteiger partial charge in [0.2, 0.25) is 11.5 Å². The van der Waals surface area contributed by atoms with Crippen molar-refractivity contribution in [2.45, 2.75) is 63.5 Å². The number of ether oxygens (including phenoxy) is 4. The van der Waals surface area contributed by atoms with Crippen LogP contribution in [0, 0.1) is 23.0 Å². The number of hydrogen-bond donors (Lipinski definition) is 0.